The second kappa shape index (κ2) is 61.0. The molecule has 0 heterocycles. The molecule has 0 spiro atoms. The Hall–Kier alpha value is -5.09. The molecule has 2 atom stereocenters. The number of ether oxygens (including phenoxy) is 4. The third-order valence-electron chi connectivity index (χ3n) is 12.8. The first-order valence-corrected chi connectivity index (χ1v) is 31.6. The maximum Gasteiger partial charge on any atom is 0.361 e. The summed E-state index contributed by atoms with van der Waals surface area (Å²) in [5, 5.41) is 9.72. The fraction of sp³-hybridized carbons (Fsp3) is 0.597. The highest BCUT2D eigenvalue weighted by molar-refractivity contribution is 5.71. The van der Waals surface area contributed by atoms with Crippen molar-refractivity contribution in [3.05, 3.63) is 158 Å². The lowest BCUT2D eigenvalue weighted by molar-refractivity contribution is -0.870. The van der Waals surface area contributed by atoms with Crippen molar-refractivity contribution in [2.24, 2.45) is 0 Å². The number of unbranched alkanes of at least 4 members (excludes halogenated alkanes) is 15. The van der Waals surface area contributed by atoms with Gasteiger partial charge in [0.25, 0.3) is 6.29 Å². The van der Waals surface area contributed by atoms with Crippen molar-refractivity contribution in [2.45, 2.75) is 232 Å². The van der Waals surface area contributed by atoms with Gasteiger partial charge in [-0.2, -0.15) is 0 Å². The fourth-order valence-electron chi connectivity index (χ4n) is 8.00. The molecule has 1 N–H and O–H groups in total. The number of allylic oxidation sites excluding steroid dienone is 26. The Morgan fingerprint density at radius 2 is 0.667 bits per heavy atom. The van der Waals surface area contributed by atoms with Crippen LogP contribution in [0, 0.1) is 0 Å². The maximum absolute atomic E-state index is 12.9. The van der Waals surface area contributed by atoms with E-state index in [0.29, 0.717) is 23.9 Å². The van der Waals surface area contributed by atoms with E-state index >= 15 is 0 Å². The number of hydrogen-bond acceptors (Lipinski definition) is 7. The first kappa shape index (κ1) is 75.9. The molecule has 0 aromatic rings. The Bertz CT molecular complexity index is 1880. The fourth-order valence-corrected chi connectivity index (χ4v) is 8.00. The molecule has 9 heteroatoms. The van der Waals surface area contributed by atoms with Crippen LogP contribution in [0.2, 0.25) is 0 Å². The van der Waals surface area contributed by atoms with Crippen LogP contribution >= 0.6 is 0 Å². The zero-order chi connectivity index (χ0) is 59.1. The van der Waals surface area contributed by atoms with Gasteiger partial charge in [-0.3, -0.25) is 9.59 Å². The number of esters is 2. The summed E-state index contributed by atoms with van der Waals surface area (Å²) in [4.78, 5) is 37.5. The number of likely N-dealkylation sites (N-methyl/N-ethyl adjacent to an activating group) is 1. The van der Waals surface area contributed by atoms with Crippen molar-refractivity contribution in [1.82, 2.24) is 0 Å². The maximum atomic E-state index is 12.9. The van der Waals surface area contributed by atoms with Crippen LogP contribution in [0.4, 0.5) is 0 Å². The summed E-state index contributed by atoms with van der Waals surface area (Å²) in [6, 6.07) is 0. The Labute approximate surface area is 495 Å². The average molecular weight is 1120 g/mol. The number of quaternary nitrogens is 1. The van der Waals surface area contributed by atoms with Crippen LogP contribution < -0.4 is 0 Å². The largest absolute Gasteiger partial charge is 0.477 e. The molecule has 0 aliphatic carbocycles. The molecule has 0 aliphatic heterocycles. The van der Waals surface area contributed by atoms with Crippen molar-refractivity contribution in [3.8, 4) is 0 Å². The summed E-state index contributed by atoms with van der Waals surface area (Å²) in [7, 11) is 5.95. The third kappa shape index (κ3) is 62.4. The van der Waals surface area contributed by atoms with E-state index in [2.05, 4.69) is 172 Å². The van der Waals surface area contributed by atoms with Gasteiger partial charge >= 0.3 is 17.9 Å². The lowest BCUT2D eigenvalue weighted by Crippen LogP contribution is -2.40. The van der Waals surface area contributed by atoms with Gasteiger partial charge in [-0.1, -0.05) is 242 Å². The molecule has 0 aliphatic rings. The first-order valence-electron chi connectivity index (χ1n) is 31.6. The van der Waals surface area contributed by atoms with E-state index in [9.17, 15) is 19.5 Å². The highest BCUT2D eigenvalue weighted by atomic mass is 16.7. The molecule has 0 aromatic heterocycles. The molecular formula is C72H116NO8+. The number of aliphatic carboxylic acids is 1. The second-order valence-corrected chi connectivity index (χ2v) is 21.6. The van der Waals surface area contributed by atoms with Gasteiger partial charge in [0, 0.05) is 12.8 Å². The van der Waals surface area contributed by atoms with Crippen molar-refractivity contribution in [3.63, 3.8) is 0 Å². The van der Waals surface area contributed by atoms with Gasteiger partial charge in [0.2, 0.25) is 0 Å². The molecule has 2 unspecified atom stereocenters. The van der Waals surface area contributed by atoms with E-state index in [-0.39, 0.29) is 32.7 Å². The van der Waals surface area contributed by atoms with Gasteiger partial charge in [-0.25, -0.2) is 4.79 Å². The summed E-state index contributed by atoms with van der Waals surface area (Å²) < 4.78 is 22.9. The van der Waals surface area contributed by atoms with Crippen LogP contribution in [0.25, 0.3) is 0 Å². The van der Waals surface area contributed by atoms with Crippen LogP contribution in [0.1, 0.15) is 219 Å². The predicted octanol–water partition coefficient (Wildman–Crippen LogP) is 19.3. The molecule has 0 aromatic carbocycles. The highest BCUT2D eigenvalue weighted by Crippen LogP contribution is 2.15. The SMILES string of the molecule is CC/C=C\C/C=C\C/C=C\C/C=C\C/C=C\C/C=C\C/C=C\CCCCCCCCCCCCCCCC(=O)OC(COC(=O)CCCC/C=C\C/C=C\C/C=C\C/C=C\C/C=C\C/C=C\CC)COC(OCC[N+](C)(C)C)C(=O)O. The second-order valence-electron chi connectivity index (χ2n) is 21.6. The number of carboxylic acids is 1. The van der Waals surface area contributed by atoms with Crippen LogP contribution in [0.3, 0.4) is 0 Å². The smallest absolute Gasteiger partial charge is 0.361 e. The Morgan fingerprint density at radius 3 is 1.01 bits per heavy atom. The molecule has 456 valence electrons. The minimum absolute atomic E-state index is 0.172. The van der Waals surface area contributed by atoms with E-state index in [4.69, 9.17) is 18.9 Å². The molecule has 0 saturated carbocycles. The number of carbonyl (C=O) groups is 3. The van der Waals surface area contributed by atoms with Crippen LogP contribution in [-0.4, -0.2) is 87.4 Å². The standard InChI is InChI=1S/C72H115NO8/c1-6-8-10-12-14-16-18-20-22-24-26-28-29-30-31-32-33-34-35-36-37-38-39-40-41-43-45-47-49-51-53-55-57-59-61-63-70(75)81-68(67-80-72(71(76)77)78-65-64-73(3,4)5)66-79-69(74)62-60-58-56-54-52-50-48-46-44-42-27-25-23-21-19-17-15-13-11-9-7-2/h8-11,14-17,20-23,26-28,30-31,33-34,36-37,42,46,48,52,54,68,72H,6-7,12-13,18-19,24-25,29,32,35,38-41,43-45,47,49-51,53,55-67H2,1-5H3/p+1/b10-8-,11-9-,16-14-,17-15-,22-20-,23-21-,28-26-,31-30-,34-33-,37-36-,42-27-,48-46-,54-52-. The summed E-state index contributed by atoms with van der Waals surface area (Å²) in [5.41, 5.74) is 0. The van der Waals surface area contributed by atoms with Gasteiger partial charge in [0.1, 0.15) is 13.2 Å². The van der Waals surface area contributed by atoms with Gasteiger partial charge in [0.15, 0.2) is 6.10 Å². The van der Waals surface area contributed by atoms with Crippen LogP contribution in [-0.2, 0) is 33.3 Å². The minimum Gasteiger partial charge on any atom is -0.477 e. The molecule has 0 bridgehead atoms. The number of hydrogen-bond donors (Lipinski definition) is 1. The van der Waals surface area contributed by atoms with E-state index in [0.717, 1.165) is 116 Å². The molecule has 81 heavy (non-hydrogen) atoms. The van der Waals surface area contributed by atoms with Crippen LogP contribution in [0.15, 0.2) is 158 Å². The third-order valence-corrected chi connectivity index (χ3v) is 12.8. The summed E-state index contributed by atoms with van der Waals surface area (Å²) >= 11 is 0. The minimum atomic E-state index is -1.53. The zero-order valence-electron chi connectivity index (χ0n) is 51.9. The van der Waals surface area contributed by atoms with E-state index in [1.807, 2.05) is 21.1 Å². The van der Waals surface area contributed by atoms with Gasteiger partial charge in [-0.05, 0) is 122 Å². The van der Waals surface area contributed by atoms with Crippen molar-refractivity contribution in [2.75, 3.05) is 47.5 Å². The van der Waals surface area contributed by atoms with E-state index in [1.165, 1.54) is 64.2 Å². The lowest BCUT2D eigenvalue weighted by atomic mass is 10.0. The summed E-state index contributed by atoms with van der Waals surface area (Å²) in [5.74, 6) is -2.08. The number of carboxylic acid groups (broad SMARTS) is 1. The van der Waals surface area contributed by atoms with Crippen molar-refractivity contribution in [1.29, 1.82) is 0 Å². The highest BCUT2D eigenvalue weighted by Gasteiger charge is 2.25. The van der Waals surface area contributed by atoms with Gasteiger partial charge in [0.05, 0.1) is 34.4 Å². The quantitative estimate of drug-likeness (QED) is 0.0211. The topological polar surface area (TPSA) is 108 Å². The average Bonchev–Trinajstić information content (AvgIpc) is 3.44. The number of rotatable bonds is 56. The zero-order valence-corrected chi connectivity index (χ0v) is 51.9. The van der Waals surface area contributed by atoms with Gasteiger partial charge < -0.3 is 28.5 Å². The molecule has 0 saturated heterocycles. The molecule has 0 fully saturated rings. The molecule has 0 radical (unpaired) electrons. The predicted molar refractivity (Wildman–Crippen MR) is 345 cm³/mol. The molecular weight excluding hydrogens is 1010 g/mol. The van der Waals surface area contributed by atoms with E-state index < -0.39 is 30.3 Å². The monoisotopic (exact) mass is 1120 g/mol. The van der Waals surface area contributed by atoms with Crippen molar-refractivity contribution < 1.29 is 42.9 Å². The molecule has 9 nitrogen and oxygen atoms in total. The number of carbonyl (C=O) groups excluding carboxylic acids is 2. The Balaban J connectivity index is 4.24. The Kier molecular flexibility index (Phi) is 57.2. The lowest BCUT2D eigenvalue weighted by Gasteiger charge is -2.25. The normalized spacial score (nSPS) is 13.8. The molecule has 0 amide bonds. The summed E-state index contributed by atoms with van der Waals surface area (Å²) in [6.45, 7) is 4.58. The first-order chi connectivity index (χ1) is 39.6. The summed E-state index contributed by atoms with van der Waals surface area (Å²) in [6.07, 6.45) is 87.7. The molecule has 0 rings (SSSR count). The van der Waals surface area contributed by atoms with E-state index in [1.54, 1.807) is 0 Å². The Morgan fingerprint density at radius 1 is 0.370 bits per heavy atom. The van der Waals surface area contributed by atoms with Gasteiger partial charge in [-0.15, -0.1) is 0 Å². The van der Waals surface area contributed by atoms with Crippen molar-refractivity contribution >= 4 is 17.9 Å². The number of nitrogens with zero attached hydrogens (tertiary/aromatic N) is 1. The van der Waals surface area contributed by atoms with Crippen LogP contribution in [0.5, 0.6) is 0 Å².